The normalized spacial score (nSPS) is 19.2. The first-order valence-corrected chi connectivity index (χ1v) is 5.84. The summed E-state index contributed by atoms with van der Waals surface area (Å²) >= 11 is 0. The fourth-order valence-corrected chi connectivity index (χ4v) is 1.83. The molecule has 1 aliphatic rings. The highest BCUT2D eigenvalue weighted by Gasteiger charge is 2.19. The number of amides is 1. The summed E-state index contributed by atoms with van der Waals surface area (Å²) in [6, 6.07) is 3.62. The lowest BCUT2D eigenvalue weighted by molar-refractivity contribution is -0.118. The van der Waals surface area contributed by atoms with Crippen molar-refractivity contribution < 1.29 is 9.53 Å². The minimum atomic E-state index is -0.0510. The Morgan fingerprint density at radius 1 is 1.59 bits per heavy atom. The minimum Gasteiger partial charge on any atom is -0.378 e. The number of carbonyl (C=O) groups is 1. The molecule has 1 amide bonds. The van der Waals surface area contributed by atoms with Gasteiger partial charge in [-0.15, -0.1) is 0 Å². The van der Waals surface area contributed by atoms with E-state index in [9.17, 15) is 4.79 Å². The van der Waals surface area contributed by atoms with Gasteiger partial charge in [-0.3, -0.25) is 4.79 Å². The third-order valence-electron chi connectivity index (χ3n) is 2.76. The van der Waals surface area contributed by atoms with Crippen molar-refractivity contribution in [3.05, 3.63) is 23.9 Å². The van der Waals surface area contributed by atoms with E-state index in [0.717, 1.165) is 25.0 Å². The van der Waals surface area contributed by atoms with E-state index in [1.165, 1.54) is 0 Å². The van der Waals surface area contributed by atoms with Crippen LogP contribution in [0.2, 0.25) is 0 Å². The van der Waals surface area contributed by atoms with Crippen LogP contribution in [0.15, 0.2) is 18.3 Å². The number of pyridine rings is 1. The Morgan fingerprint density at radius 2 is 2.47 bits per heavy atom. The Kier molecular flexibility index (Phi) is 4.06. The Bertz CT molecular complexity index is 372. The van der Waals surface area contributed by atoms with Gasteiger partial charge in [-0.2, -0.15) is 0 Å². The first kappa shape index (κ1) is 12.0. The number of rotatable bonds is 4. The van der Waals surface area contributed by atoms with E-state index in [2.05, 4.69) is 10.3 Å². The van der Waals surface area contributed by atoms with E-state index in [1.807, 2.05) is 6.07 Å². The van der Waals surface area contributed by atoms with Crippen LogP contribution in [0.4, 0.5) is 5.82 Å². The molecular weight excluding hydrogens is 218 g/mol. The molecule has 1 fully saturated rings. The second-order valence-electron chi connectivity index (χ2n) is 4.14. The lowest BCUT2D eigenvalue weighted by Gasteiger charge is -2.09. The highest BCUT2D eigenvalue weighted by molar-refractivity contribution is 5.90. The first-order chi connectivity index (χ1) is 8.28. The SMILES string of the molecule is NCc1ccc(NC(=O)CC2CCCO2)nc1. The van der Waals surface area contributed by atoms with Crippen LogP contribution in [-0.4, -0.2) is 23.6 Å². The smallest absolute Gasteiger partial charge is 0.228 e. The standard InChI is InChI=1S/C12H17N3O2/c13-7-9-3-4-11(14-8-9)15-12(16)6-10-2-1-5-17-10/h3-4,8,10H,1-2,5-7,13H2,(H,14,15,16). The van der Waals surface area contributed by atoms with Crippen LogP contribution < -0.4 is 11.1 Å². The highest BCUT2D eigenvalue weighted by Crippen LogP contribution is 2.16. The van der Waals surface area contributed by atoms with Gasteiger partial charge in [-0.05, 0) is 24.5 Å². The molecule has 92 valence electrons. The summed E-state index contributed by atoms with van der Waals surface area (Å²) in [4.78, 5) is 15.8. The fourth-order valence-electron chi connectivity index (χ4n) is 1.83. The molecule has 1 aromatic rings. The van der Waals surface area contributed by atoms with Crippen molar-refractivity contribution in [1.29, 1.82) is 0 Å². The number of hydrogen-bond donors (Lipinski definition) is 2. The first-order valence-electron chi connectivity index (χ1n) is 5.84. The maximum absolute atomic E-state index is 11.7. The summed E-state index contributed by atoms with van der Waals surface area (Å²) in [5.74, 6) is 0.509. The summed E-state index contributed by atoms with van der Waals surface area (Å²) in [7, 11) is 0. The predicted molar refractivity (Wildman–Crippen MR) is 64.3 cm³/mol. The lowest BCUT2D eigenvalue weighted by atomic mass is 10.2. The molecule has 1 unspecified atom stereocenters. The summed E-state index contributed by atoms with van der Waals surface area (Å²) in [5.41, 5.74) is 6.41. The molecule has 5 heteroatoms. The number of anilines is 1. The zero-order valence-corrected chi connectivity index (χ0v) is 9.69. The summed E-state index contributed by atoms with van der Waals surface area (Å²) in [5, 5.41) is 2.75. The van der Waals surface area contributed by atoms with Gasteiger partial charge in [0.1, 0.15) is 5.82 Å². The summed E-state index contributed by atoms with van der Waals surface area (Å²) in [6.07, 6.45) is 4.15. The molecule has 1 atom stereocenters. The van der Waals surface area contributed by atoms with Crippen molar-refractivity contribution in [3.63, 3.8) is 0 Å². The molecule has 0 aliphatic carbocycles. The van der Waals surface area contributed by atoms with Gasteiger partial charge in [0.25, 0.3) is 0 Å². The van der Waals surface area contributed by atoms with E-state index in [4.69, 9.17) is 10.5 Å². The number of hydrogen-bond acceptors (Lipinski definition) is 4. The zero-order chi connectivity index (χ0) is 12.1. The molecule has 0 spiro atoms. The minimum absolute atomic E-state index is 0.0510. The van der Waals surface area contributed by atoms with Crippen LogP contribution in [-0.2, 0) is 16.1 Å². The largest absolute Gasteiger partial charge is 0.378 e. The molecule has 1 aliphatic heterocycles. The van der Waals surface area contributed by atoms with Crippen LogP contribution in [0, 0.1) is 0 Å². The number of nitrogens with two attached hydrogens (primary N) is 1. The Labute approximate surface area is 100 Å². The summed E-state index contributed by atoms with van der Waals surface area (Å²) < 4.78 is 5.40. The van der Waals surface area contributed by atoms with Crippen molar-refractivity contribution in [3.8, 4) is 0 Å². The van der Waals surface area contributed by atoms with E-state index in [1.54, 1.807) is 12.3 Å². The molecule has 0 bridgehead atoms. The topological polar surface area (TPSA) is 77.2 Å². The van der Waals surface area contributed by atoms with Gasteiger partial charge >= 0.3 is 0 Å². The Balaban J connectivity index is 1.84. The third kappa shape index (κ3) is 3.51. The lowest BCUT2D eigenvalue weighted by Crippen LogP contribution is -2.19. The van der Waals surface area contributed by atoms with E-state index in [-0.39, 0.29) is 12.0 Å². The van der Waals surface area contributed by atoms with Crippen molar-refractivity contribution >= 4 is 11.7 Å². The number of nitrogens with one attached hydrogen (secondary N) is 1. The Hall–Kier alpha value is -1.46. The predicted octanol–water partition coefficient (Wildman–Crippen LogP) is 1.05. The number of ether oxygens (including phenoxy) is 1. The van der Waals surface area contributed by atoms with Crippen LogP contribution in [0.1, 0.15) is 24.8 Å². The van der Waals surface area contributed by atoms with Gasteiger partial charge in [0.2, 0.25) is 5.91 Å². The molecule has 0 saturated carbocycles. The fraction of sp³-hybridized carbons (Fsp3) is 0.500. The van der Waals surface area contributed by atoms with Crippen molar-refractivity contribution in [2.45, 2.75) is 31.9 Å². The second kappa shape index (κ2) is 5.75. The number of aromatic nitrogens is 1. The Morgan fingerprint density at radius 3 is 3.06 bits per heavy atom. The molecule has 3 N–H and O–H groups in total. The molecule has 1 aromatic heterocycles. The van der Waals surface area contributed by atoms with Crippen LogP contribution in [0.5, 0.6) is 0 Å². The maximum Gasteiger partial charge on any atom is 0.228 e. The van der Waals surface area contributed by atoms with Gasteiger partial charge in [-0.1, -0.05) is 6.07 Å². The molecule has 2 heterocycles. The van der Waals surface area contributed by atoms with Crippen molar-refractivity contribution in [1.82, 2.24) is 4.98 Å². The van der Waals surface area contributed by atoms with E-state index >= 15 is 0 Å². The quantitative estimate of drug-likeness (QED) is 0.817. The molecule has 0 aromatic carbocycles. The molecule has 5 nitrogen and oxygen atoms in total. The molecular formula is C12H17N3O2. The zero-order valence-electron chi connectivity index (χ0n) is 9.69. The molecule has 1 saturated heterocycles. The molecule has 17 heavy (non-hydrogen) atoms. The van der Waals surface area contributed by atoms with E-state index < -0.39 is 0 Å². The van der Waals surface area contributed by atoms with Crippen molar-refractivity contribution in [2.24, 2.45) is 5.73 Å². The molecule has 2 rings (SSSR count). The van der Waals surface area contributed by atoms with Gasteiger partial charge in [0.15, 0.2) is 0 Å². The number of carbonyl (C=O) groups excluding carboxylic acids is 1. The van der Waals surface area contributed by atoms with Crippen LogP contribution in [0.25, 0.3) is 0 Å². The average molecular weight is 235 g/mol. The van der Waals surface area contributed by atoms with Crippen LogP contribution in [0.3, 0.4) is 0 Å². The van der Waals surface area contributed by atoms with Gasteiger partial charge in [0, 0.05) is 19.3 Å². The van der Waals surface area contributed by atoms with Crippen molar-refractivity contribution in [2.75, 3.05) is 11.9 Å². The maximum atomic E-state index is 11.7. The van der Waals surface area contributed by atoms with Gasteiger partial charge in [0.05, 0.1) is 12.5 Å². The van der Waals surface area contributed by atoms with E-state index in [0.29, 0.717) is 18.8 Å². The second-order valence-corrected chi connectivity index (χ2v) is 4.14. The van der Waals surface area contributed by atoms with Gasteiger partial charge in [-0.25, -0.2) is 4.98 Å². The third-order valence-corrected chi connectivity index (χ3v) is 2.76. The van der Waals surface area contributed by atoms with Gasteiger partial charge < -0.3 is 15.8 Å². The average Bonchev–Trinajstić information content (AvgIpc) is 2.82. The highest BCUT2D eigenvalue weighted by atomic mass is 16.5. The number of nitrogens with zero attached hydrogens (tertiary/aromatic N) is 1. The summed E-state index contributed by atoms with van der Waals surface area (Å²) in [6.45, 7) is 1.22. The molecule has 0 radical (unpaired) electrons. The monoisotopic (exact) mass is 235 g/mol. The van der Waals surface area contributed by atoms with Crippen LogP contribution >= 0.6 is 0 Å².